The maximum Gasteiger partial charge on any atom is 0.168 e. The van der Waals surface area contributed by atoms with E-state index in [9.17, 15) is 15.3 Å². The molecule has 22 heavy (non-hydrogen) atoms. The molecule has 0 aromatic rings. The monoisotopic (exact) mass is 308 g/mol. The van der Waals surface area contributed by atoms with Gasteiger partial charge >= 0.3 is 0 Å². The van der Waals surface area contributed by atoms with E-state index in [1.807, 2.05) is 0 Å². The SMILES string of the molecule is C[C@@]12CCC[C@H]1[C@@H]1C(O)CC3CCCC(O)(O)[C@]3(C)[C@H]1CC2. The van der Waals surface area contributed by atoms with Gasteiger partial charge in [-0.3, -0.25) is 0 Å². The molecule has 4 aliphatic rings. The summed E-state index contributed by atoms with van der Waals surface area (Å²) >= 11 is 0. The average Bonchev–Trinajstić information content (AvgIpc) is 2.83. The molecule has 4 rings (SSSR count). The Bertz CT molecular complexity index is 462. The molecule has 7 atom stereocenters. The molecule has 0 heterocycles. The first-order chi connectivity index (χ1) is 10.3. The highest BCUT2D eigenvalue weighted by Gasteiger charge is 2.66. The minimum atomic E-state index is -1.55. The second-order valence-electron chi connectivity index (χ2n) is 9.37. The van der Waals surface area contributed by atoms with Crippen LogP contribution < -0.4 is 0 Å². The lowest BCUT2D eigenvalue weighted by atomic mass is 9.43. The third-order valence-corrected chi connectivity index (χ3v) is 8.64. The van der Waals surface area contributed by atoms with Crippen LogP contribution in [0.2, 0.25) is 0 Å². The van der Waals surface area contributed by atoms with Crippen LogP contribution in [0, 0.1) is 34.5 Å². The summed E-state index contributed by atoms with van der Waals surface area (Å²) < 4.78 is 0. The van der Waals surface area contributed by atoms with Crippen molar-refractivity contribution in [2.75, 3.05) is 0 Å². The van der Waals surface area contributed by atoms with Gasteiger partial charge in [0.05, 0.1) is 6.10 Å². The smallest absolute Gasteiger partial charge is 0.168 e. The van der Waals surface area contributed by atoms with Gasteiger partial charge in [-0.15, -0.1) is 0 Å². The van der Waals surface area contributed by atoms with Crippen LogP contribution in [0.1, 0.15) is 71.6 Å². The Morgan fingerprint density at radius 1 is 0.864 bits per heavy atom. The van der Waals surface area contributed by atoms with Crippen molar-refractivity contribution in [3.05, 3.63) is 0 Å². The van der Waals surface area contributed by atoms with Crippen molar-refractivity contribution in [1.82, 2.24) is 0 Å². The van der Waals surface area contributed by atoms with Gasteiger partial charge in [0.2, 0.25) is 0 Å². The van der Waals surface area contributed by atoms with Crippen LogP contribution in [0.4, 0.5) is 0 Å². The first-order valence-corrected chi connectivity index (χ1v) is 9.42. The topological polar surface area (TPSA) is 60.7 Å². The summed E-state index contributed by atoms with van der Waals surface area (Å²) in [6.07, 6.45) is 9.00. The molecule has 0 bridgehead atoms. The molecule has 2 unspecified atom stereocenters. The molecule has 0 amide bonds. The quantitative estimate of drug-likeness (QED) is 0.603. The molecule has 4 saturated carbocycles. The molecule has 3 nitrogen and oxygen atoms in total. The fraction of sp³-hybridized carbons (Fsp3) is 1.00. The van der Waals surface area contributed by atoms with E-state index in [-0.39, 0.29) is 23.9 Å². The summed E-state index contributed by atoms with van der Waals surface area (Å²) in [4.78, 5) is 0. The van der Waals surface area contributed by atoms with Crippen LogP contribution in [0.25, 0.3) is 0 Å². The highest BCUT2D eigenvalue weighted by atomic mass is 16.5. The minimum absolute atomic E-state index is 0.236. The summed E-state index contributed by atoms with van der Waals surface area (Å²) in [6, 6.07) is 0. The van der Waals surface area contributed by atoms with Gasteiger partial charge in [-0.2, -0.15) is 0 Å². The second kappa shape index (κ2) is 4.70. The van der Waals surface area contributed by atoms with Gasteiger partial charge < -0.3 is 15.3 Å². The van der Waals surface area contributed by atoms with Crippen molar-refractivity contribution in [3.8, 4) is 0 Å². The molecule has 0 aromatic carbocycles. The molecule has 0 aliphatic heterocycles. The molecule has 0 radical (unpaired) electrons. The Morgan fingerprint density at radius 2 is 1.59 bits per heavy atom. The van der Waals surface area contributed by atoms with E-state index in [0.29, 0.717) is 17.8 Å². The molecule has 3 N–H and O–H groups in total. The Kier molecular flexibility index (Phi) is 3.30. The molecular formula is C19H32O3. The number of hydrogen-bond donors (Lipinski definition) is 3. The van der Waals surface area contributed by atoms with E-state index in [1.54, 1.807) is 0 Å². The van der Waals surface area contributed by atoms with Crippen LogP contribution >= 0.6 is 0 Å². The lowest BCUT2D eigenvalue weighted by molar-refractivity contribution is -0.321. The van der Waals surface area contributed by atoms with Crippen LogP contribution in [0.5, 0.6) is 0 Å². The highest BCUT2D eigenvalue weighted by Crippen LogP contribution is 2.67. The van der Waals surface area contributed by atoms with E-state index < -0.39 is 11.2 Å². The van der Waals surface area contributed by atoms with E-state index in [1.165, 1.54) is 25.7 Å². The minimum Gasteiger partial charge on any atom is -0.393 e. The van der Waals surface area contributed by atoms with Crippen molar-refractivity contribution >= 4 is 0 Å². The number of fused-ring (bicyclic) bond motifs is 5. The molecule has 4 aliphatic carbocycles. The molecular weight excluding hydrogens is 276 g/mol. The third-order valence-electron chi connectivity index (χ3n) is 8.64. The maximum atomic E-state index is 10.9. The number of aliphatic hydroxyl groups excluding tert-OH is 1. The average molecular weight is 308 g/mol. The molecule has 0 spiro atoms. The Balaban J connectivity index is 1.75. The van der Waals surface area contributed by atoms with E-state index >= 15 is 0 Å². The zero-order valence-electron chi connectivity index (χ0n) is 14.1. The van der Waals surface area contributed by atoms with Gasteiger partial charge in [0.1, 0.15) is 0 Å². The van der Waals surface area contributed by atoms with Gasteiger partial charge in [0.15, 0.2) is 5.79 Å². The maximum absolute atomic E-state index is 10.9. The third kappa shape index (κ3) is 1.79. The standard InChI is InChI=1S/C19H32O3/c1-17-8-4-6-13(17)16-14(7-10-17)18(2)12(11-15(16)20)5-3-9-19(18,21)22/h12-16,20-22H,3-11H2,1-2H3/t12?,13-,14-,15?,16-,17-,18-/m0/s1. The predicted molar refractivity (Wildman–Crippen MR) is 84.9 cm³/mol. The van der Waals surface area contributed by atoms with Crippen molar-refractivity contribution in [3.63, 3.8) is 0 Å². The number of rotatable bonds is 0. The van der Waals surface area contributed by atoms with Gasteiger partial charge in [0, 0.05) is 11.8 Å². The van der Waals surface area contributed by atoms with E-state index in [0.717, 1.165) is 25.7 Å². The zero-order valence-corrected chi connectivity index (χ0v) is 14.1. The lowest BCUT2D eigenvalue weighted by Gasteiger charge is -2.64. The van der Waals surface area contributed by atoms with Gasteiger partial charge in [-0.05, 0) is 74.0 Å². The Labute approximate surface area is 134 Å². The predicted octanol–water partition coefficient (Wildman–Crippen LogP) is 3.07. The van der Waals surface area contributed by atoms with Crippen LogP contribution in [-0.4, -0.2) is 27.2 Å². The van der Waals surface area contributed by atoms with Crippen LogP contribution in [0.3, 0.4) is 0 Å². The Hall–Kier alpha value is -0.120. The summed E-state index contributed by atoms with van der Waals surface area (Å²) in [6.45, 7) is 4.53. The Morgan fingerprint density at radius 3 is 2.36 bits per heavy atom. The normalized spacial score (nSPS) is 56.9. The molecule has 4 fully saturated rings. The fourth-order valence-electron chi connectivity index (χ4n) is 7.32. The van der Waals surface area contributed by atoms with Crippen LogP contribution in [0.15, 0.2) is 0 Å². The number of aliphatic hydroxyl groups is 3. The van der Waals surface area contributed by atoms with Gasteiger partial charge in [-0.1, -0.05) is 20.3 Å². The molecule has 3 heteroatoms. The molecule has 0 aromatic heterocycles. The lowest BCUT2D eigenvalue weighted by Crippen LogP contribution is -2.65. The number of hydrogen-bond acceptors (Lipinski definition) is 3. The zero-order chi connectivity index (χ0) is 15.8. The van der Waals surface area contributed by atoms with Crippen molar-refractivity contribution in [1.29, 1.82) is 0 Å². The van der Waals surface area contributed by atoms with Gasteiger partial charge in [-0.25, -0.2) is 0 Å². The second-order valence-corrected chi connectivity index (χ2v) is 9.37. The molecule has 0 saturated heterocycles. The summed E-state index contributed by atoms with van der Waals surface area (Å²) in [5.41, 5.74) is -0.0490. The van der Waals surface area contributed by atoms with Crippen molar-refractivity contribution < 1.29 is 15.3 Å². The molecule has 126 valence electrons. The van der Waals surface area contributed by atoms with E-state index in [2.05, 4.69) is 13.8 Å². The largest absolute Gasteiger partial charge is 0.393 e. The first-order valence-electron chi connectivity index (χ1n) is 9.42. The van der Waals surface area contributed by atoms with Crippen LogP contribution in [-0.2, 0) is 0 Å². The van der Waals surface area contributed by atoms with Gasteiger partial charge in [0.25, 0.3) is 0 Å². The first kappa shape index (κ1) is 15.4. The summed E-state index contributed by atoms with van der Waals surface area (Å²) in [7, 11) is 0. The van der Waals surface area contributed by atoms with E-state index in [4.69, 9.17) is 0 Å². The summed E-state index contributed by atoms with van der Waals surface area (Å²) in [5, 5.41) is 32.6. The fourth-order valence-corrected chi connectivity index (χ4v) is 7.32. The van der Waals surface area contributed by atoms with Crippen molar-refractivity contribution in [2.45, 2.75) is 83.5 Å². The highest BCUT2D eigenvalue weighted by molar-refractivity contribution is 5.12. The summed E-state index contributed by atoms with van der Waals surface area (Å²) in [5.74, 6) is -0.160. The van der Waals surface area contributed by atoms with Crippen molar-refractivity contribution in [2.24, 2.45) is 34.5 Å².